The van der Waals surface area contributed by atoms with Crippen molar-refractivity contribution in [2.45, 2.75) is 10.6 Å². The number of halogens is 1. The van der Waals surface area contributed by atoms with Crippen LogP contribution in [-0.2, 0) is 5.75 Å². The van der Waals surface area contributed by atoms with E-state index in [1.165, 1.54) is 6.07 Å². The van der Waals surface area contributed by atoms with E-state index >= 15 is 0 Å². The first-order chi connectivity index (χ1) is 9.06. The first-order valence-electron chi connectivity index (χ1n) is 5.47. The van der Waals surface area contributed by atoms with Gasteiger partial charge in [-0.25, -0.2) is 0 Å². The average Bonchev–Trinajstić information content (AvgIpc) is 2.37. The van der Waals surface area contributed by atoms with Crippen LogP contribution < -0.4 is 5.73 Å². The summed E-state index contributed by atoms with van der Waals surface area (Å²) in [6, 6.07) is 12.3. The van der Waals surface area contributed by atoms with Gasteiger partial charge in [-0.1, -0.05) is 23.7 Å². The van der Waals surface area contributed by atoms with Gasteiger partial charge >= 0.3 is 0 Å². The third-order valence-electron chi connectivity index (χ3n) is 2.49. The normalized spacial score (nSPS) is 10.4. The van der Waals surface area contributed by atoms with Crippen LogP contribution in [-0.4, -0.2) is 4.92 Å². The van der Waals surface area contributed by atoms with Crippen LogP contribution in [0.3, 0.4) is 0 Å². The van der Waals surface area contributed by atoms with Gasteiger partial charge in [-0.15, -0.1) is 11.8 Å². The molecule has 4 nitrogen and oxygen atoms in total. The number of hydrogen-bond acceptors (Lipinski definition) is 4. The molecule has 0 heterocycles. The zero-order chi connectivity index (χ0) is 13.8. The van der Waals surface area contributed by atoms with Crippen LogP contribution in [0.1, 0.15) is 5.56 Å². The van der Waals surface area contributed by atoms with E-state index < -0.39 is 4.92 Å². The van der Waals surface area contributed by atoms with E-state index in [1.807, 2.05) is 18.2 Å². The fraction of sp³-hybridized carbons (Fsp3) is 0.0769. The standard InChI is InChI=1S/C13H11ClN2O2S/c14-10-2-1-3-11(7-10)19-8-9-4-5-12(15)13(6-9)16(17)18/h1-7H,8,15H2. The molecule has 0 aliphatic carbocycles. The Morgan fingerprint density at radius 1 is 1.26 bits per heavy atom. The van der Waals surface area contributed by atoms with Crippen molar-refractivity contribution in [3.63, 3.8) is 0 Å². The molecule has 0 amide bonds. The number of benzene rings is 2. The van der Waals surface area contributed by atoms with Crippen molar-refractivity contribution in [3.05, 3.63) is 63.2 Å². The topological polar surface area (TPSA) is 69.2 Å². The van der Waals surface area contributed by atoms with Crippen molar-refractivity contribution in [1.82, 2.24) is 0 Å². The molecule has 0 spiro atoms. The summed E-state index contributed by atoms with van der Waals surface area (Å²) in [5.74, 6) is 0.626. The van der Waals surface area contributed by atoms with Crippen LogP contribution in [0.5, 0.6) is 0 Å². The maximum absolute atomic E-state index is 10.8. The Labute approximate surface area is 119 Å². The molecule has 0 aliphatic rings. The molecule has 2 rings (SSSR count). The van der Waals surface area contributed by atoms with Gasteiger partial charge in [0.05, 0.1) is 4.92 Å². The SMILES string of the molecule is Nc1ccc(CSc2cccc(Cl)c2)cc1[N+](=O)[O-]. The van der Waals surface area contributed by atoms with Gasteiger partial charge in [-0.05, 0) is 29.8 Å². The lowest BCUT2D eigenvalue weighted by atomic mass is 10.2. The maximum atomic E-state index is 10.8. The number of nitrogens with two attached hydrogens (primary N) is 1. The molecule has 0 fully saturated rings. The summed E-state index contributed by atoms with van der Waals surface area (Å²) >= 11 is 7.46. The van der Waals surface area contributed by atoms with Crippen molar-refractivity contribution >= 4 is 34.7 Å². The number of thioether (sulfide) groups is 1. The van der Waals surface area contributed by atoms with E-state index in [0.29, 0.717) is 10.8 Å². The zero-order valence-corrected chi connectivity index (χ0v) is 11.4. The fourth-order valence-corrected chi connectivity index (χ4v) is 2.71. The van der Waals surface area contributed by atoms with Gasteiger partial charge in [0.2, 0.25) is 0 Å². The lowest BCUT2D eigenvalue weighted by Gasteiger charge is -2.04. The minimum atomic E-state index is -0.469. The highest BCUT2D eigenvalue weighted by Gasteiger charge is 2.11. The Hall–Kier alpha value is -1.72. The number of rotatable bonds is 4. The quantitative estimate of drug-likeness (QED) is 0.398. The Morgan fingerprint density at radius 3 is 2.74 bits per heavy atom. The number of nitrogens with zero attached hydrogens (tertiary/aromatic N) is 1. The number of anilines is 1. The van der Waals surface area contributed by atoms with Gasteiger partial charge in [0.1, 0.15) is 5.69 Å². The average molecular weight is 295 g/mol. The minimum Gasteiger partial charge on any atom is -0.393 e. The molecule has 0 bridgehead atoms. The van der Waals surface area contributed by atoms with Crippen molar-refractivity contribution in [3.8, 4) is 0 Å². The highest BCUT2D eigenvalue weighted by atomic mass is 35.5. The van der Waals surface area contributed by atoms with Crippen LogP contribution in [0.25, 0.3) is 0 Å². The second-order valence-corrected chi connectivity index (χ2v) is 5.38. The summed E-state index contributed by atoms with van der Waals surface area (Å²) in [7, 11) is 0. The van der Waals surface area contributed by atoms with Gasteiger partial charge in [0.15, 0.2) is 0 Å². The lowest BCUT2D eigenvalue weighted by molar-refractivity contribution is -0.383. The first-order valence-corrected chi connectivity index (χ1v) is 6.84. The summed E-state index contributed by atoms with van der Waals surface area (Å²) in [6.07, 6.45) is 0. The molecule has 0 radical (unpaired) electrons. The molecular formula is C13H11ClN2O2S. The molecule has 0 saturated carbocycles. The van der Waals surface area contributed by atoms with E-state index in [4.69, 9.17) is 17.3 Å². The molecular weight excluding hydrogens is 284 g/mol. The molecule has 19 heavy (non-hydrogen) atoms. The second kappa shape index (κ2) is 5.95. The van der Waals surface area contributed by atoms with Gasteiger partial charge in [-0.3, -0.25) is 10.1 Å². The maximum Gasteiger partial charge on any atom is 0.292 e. The minimum absolute atomic E-state index is 0.0517. The fourth-order valence-electron chi connectivity index (χ4n) is 1.56. The number of nitrogen functional groups attached to an aromatic ring is 1. The van der Waals surface area contributed by atoms with Crippen molar-refractivity contribution in [2.24, 2.45) is 0 Å². The highest BCUT2D eigenvalue weighted by Crippen LogP contribution is 2.28. The molecule has 0 unspecified atom stereocenters. The molecule has 2 aromatic rings. The van der Waals surface area contributed by atoms with Gasteiger partial charge in [0.25, 0.3) is 5.69 Å². The number of nitro benzene ring substituents is 1. The molecule has 2 aromatic carbocycles. The Balaban J connectivity index is 2.12. The largest absolute Gasteiger partial charge is 0.393 e. The Morgan fingerprint density at radius 2 is 2.05 bits per heavy atom. The van der Waals surface area contributed by atoms with E-state index in [-0.39, 0.29) is 11.4 Å². The highest BCUT2D eigenvalue weighted by molar-refractivity contribution is 7.98. The van der Waals surface area contributed by atoms with E-state index in [2.05, 4.69) is 0 Å². The van der Waals surface area contributed by atoms with Gasteiger partial charge in [-0.2, -0.15) is 0 Å². The summed E-state index contributed by atoms with van der Waals surface area (Å²) in [5, 5.41) is 11.5. The van der Waals surface area contributed by atoms with Gasteiger partial charge in [0, 0.05) is 21.7 Å². The summed E-state index contributed by atoms with van der Waals surface area (Å²) < 4.78 is 0. The molecule has 98 valence electrons. The first kappa shape index (κ1) is 13.7. The third-order valence-corrected chi connectivity index (χ3v) is 3.79. The van der Waals surface area contributed by atoms with Crippen LogP contribution in [0.2, 0.25) is 5.02 Å². The van der Waals surface area contributed by atoms with Crippen molar-refractivity contribution in [1.29, 1.82) is 0 Å². The van der Waals surface area contributed by atoms with Crippen LogP contribution in [0, 0.1) is 10.1 Å². The summed E-state index contributed by atoms with van der Waals surface area (Å²) in [4.78, 5) is 11.3. The van der Waals surface area contributed by atoms with Crippen molar-refractivity contribution in [2.75, 3.05) is 5.73 Å². The number of hydrogen-bond donors (Lipinski definition) is 1. The van der Waals surface area contributed by atoms with E-state index in [1.54, 1.807) is 30.0 Å². The van der Waals surface area contributed by atoms with Crippen LogP contribution in [0.15, 0.2) is 47.4 Å². The van der Waals surface area contributed by atoms with Crippen LogP contribution in [0.4, 0.5) is 11.4 Å². The molecule has 0 aliphatic heterocycles. The van der Waals surface area contributed by atoms with E-state index in [0.717, 1.165) is 10.5 Å². The smallest absolute Gasteiger partial charge is 0.292 e. The monoisotopic (exact) mass is 294 g/mol. The zero-order valence-electron chi connectivity index (χ0n) is 9.88. The Kier molecular flexibility index (Phi) is 4.29. The molecule has 6 heteroatoms. The molecule has 0 saturated heterocycles. The predicted molar refractivity (Wildman–Crippen MR) is 78.5 cm³/mol. The van der Waals surface area contributed by atoms with E-state index in [9.17, 15) is 10.1 Å². The summed E-state index contributed by atoms with van der Waals surface area (Å²) in [6.45, 7) is 0. The molecule has 0 atom stereocenters. The summed E-state index contributed by atoms with van der Waals surface area (Å²) in [5.41, 5.74) is 6.53. The number of nitro groups is 1. The Bertz CT molecular complexity index is 619. The van der Waals surface area contributed by atoms with Crippen LogP contribution >= 0.6 is 23.4 Å². The van der Waals surface area contributed by atoms with Crippen molar-refractivity contribution < 1.29 is 4.92 Å². The lowest BCUT2D eigenvalue weighted by Crippen LogP contribution is -1.96. The molecule has 2 N–H and O–H groups in total. The second-order valence-electron chi connectivity index (χ2n) is 3.90. The third kappa shape index (κ3) is 3.62. The molecule has 0 aromatic heterocycles. The van der Waals surface area contributed by atoms with Gasteiger partial charge < -0.3 is 5.73 Å². The predicted octanol–water partition coefficient (Wildman–Crippen LogP) is 4.12.